The third-order valence-corrected chi connectivity index (χ3v) is 1.83. The van der Waals surface area contributed by atoms with Gasteiger partial charge in [-0.15, -0.1) is 4.89 Å². The van der Waals surface area contributed by atoms with Crippen molar-refractivity contribution >= 4 is 11.6 Å². The van der Waals surface area contributed by atoms with E-state index in [4.69, 9.17) is 11.6 Å². The minimum absolute atomic E-state index is 0.0319. The van der Waals surface area contributed by atoms with Crippen molar-refractivity contribution in [1.29, 1.82) is 0 Å². The highest BCUT2D eigenvalue weighted by atomic mass is 35.5. The average Bonchev–Trinajstić information content (AvgIpc) is 2.41. The second kappa shape index (κ2) is 2.57. The van der Waals surface area contributed by atoms with Gasteiger partial charge in [0.05, 0.1) is 5.02 Å². The summed E-state index contributed by atoms with van der Waals surface area (Å²) < 4.78 is 25.7. The standard InChI is InChI=1S/C7H3ClF2O2/c8-3-1-2-4-5(6(3)9)7(10)12-11-4/h1-2,7H. The minimum Gasteiger partial charge on any atom is -0.334 e. The van der Waals surface area contributed by atoms with Gasteiger partial charge >= 0.3 is 0 Å². The fraction of sp³-hybridized carbons (Fsp3) is 0.143. The van der Waals surface area contributed by atoms with Crippen LogP contribution < -0.4 is 4.89 Å². The van der Waals surface area contributed by atoms with Gasteiger partial charge in [-0.3, -0.25) is 0 Å². The van der Waals surface area contributed by atoms with E-state index < -0.39 is 12.2 Å². The van der Waals surface area contributed by atoms with E-state index in [1.807, 2.05) is 0 Å². The first kappa shape index (κ1) is 7.76. The summed E-state index contributed by atoms with van der Waals surface area (Å²) in [5.41, 5.74) is -0.275. The van der Waals surface area contributed by atoms with Gasteiger partial charge in [-0.05, 0) is 12.1 Å². The fourth-order valence-electron chi connectivity index (χ4n) is 0.975. The summed E-state index contributed by atoms with van der Waals surface area (Å²) in [7, 11) is 0. The molecule has 0 aromatic heterocycles. The molecule has 0 spiro atoms. The van der Waals surface area contributed by atoms with Crippen LogP contribution in [0.5, 0.6) is 5.75 Å². The number of alkyl halides is 1. The normalized spacial score (nSPS) is 20.4. The van der Waals surface area contributed by atoms with E-state index >= 15 is 0 Å². The van der Waals surface area contributed by atoms with Gasteiger partial charge in [-0.25, -0.2) is 8.78 Å². The molecule has 1 heterocycles. The second-order valence-electron chi connectivity index (χ2n) is 2.27. The monoisotopic (exact) mass is 192 g/mol. The Morgan fingerprint density at radius 1 is 1.42 bits per heavy atom. The van der Waals surface area contributed by atoms with Crippen molar-refractivity contribution in [3.63, 3.8) is 0 Å². The van der Waals surface area contributed by atoms with Gasteiger partial charge < -0.3 is 4.89 Å². The van der Waals surface area contributed by atoms with Gasteiger partial charge in [0, 0.05) is 0 Å². The Bertz CT molecular complexity index is 329. The van der Waals surface area contributed by atoms with E-state index in [-0.39, 0.29) is 16.3 Å². The number of hydrogen-bond acceptors (Lipinski definition) is 2. The van der Waals surface area contributed by atoms with Crippen molar-refractivity contribution in [2.24, 2.45) is 0 Å². The predicted octanol–water partition coefficient (Wildman–Crippen LogP) is 2.77. The number of fused-ring (bicyclic) bond motifs is 1. The molecule has 2 rings (SSSR count). The molecule has 1 aromatic carbocycles. The third-order valence-electron chi connectivity index (χ3n) is 1.54. The average molecular weight is 193 g/mol. The second-order valence-corrected chi connectivity index (χ2v) is 2.68. The first-order valence-electron chi connectivity index (χ1n) is 3.15. The lowest BCUT2D eigenvalue weighted by Crippen LogP contribution is -1.91. The van der Waals surface area contributed by atoms with Gasteiger partial charge in [-0.1, -0.05) is 11.6 Å². The van der Waals surface area contributed by atoms with Crippen LogP contribution in [0.2, 0.25) is 5.02 Å². The van der Waals surface area contributed by atoms with Gasteiger partial charge in [-0.2, -0.15) is 0 Å². The third kappa shape index (κ3) is 0.956. The Morgan fingerprint density at radius 3 is 2.92 bits per heavy atom. The SMILES string of the molecule is Fc1c(Cl)ccc2c1C(F)OO2. The van der Waals surface area contributed by atoms with E-state index in [1.165, 1.54) is 12.1 Å². The topological polar surface area (TPSA) is 18.5 Å². The largest absolute Gasteiger partial charge is 0.334 e. The molecule has 5 heteroatoms. The maximum Gasteiger partial charge on any atom is 0.274 e. The summed E-state index contributed by atoms with van der Waals surface area (Å²) in [6.45, 7) is 0. The lowest BCUT2D eigenvalue weighted by Gasteiger charge is -1.98. The van der Waals surface area contributed by atoms with Crippen LogP contribution in [0, 0.1) is 5.82 Å². The number of hydrogen-bond donors (Lipinski definition) is 0. The Hall–Kier alpha value is -0.870. The quantitative estimate of drug-likeness (QED) is 0.589. The highest BCUT2D eigenvalue weighted by molar-refractivity contribution is 6.30. The molecule has 1 atom stereocenters. The van der Waals surface area contributed by atoms with Crippen LogP contribution in [0.25, 0.3) is 0 Å². The molecule has 0 aliphatic carbocycles. The zero-order valence-corrected chi connectivity index (χ0v) is 6.44. The summed E-state index contributed by atoms with van der Waals surface area (Å²) in [5, 5.41) is -0.148. The first-order valence-corrected chi connectivity index (χ1v) is 3.53. The Balaban J connectivity index is 2.63. The van der Waals surface area contributed by atoms with E-state index in [0.29, 0.717) is 0 Å². The Kier molecular flexibility index (Phi) is 1.66. The van der Waals surface area contributed by atoms with Crippen molar-refractivity contribution in [2.75, 3.05) is 0 Å². The molecule has 64 valence electrons. The van der Waals surface area contributed by atoms with Gasteiger partial charge in [0.2, 0.25) is 0 Å². The van der Waals surface area contributed by atoms with Crippen molar-refractivity contribution < 1.29 is 18.6 Å². The highest BCUT2D eigenvalue weighted by Crippen LogP contribution is 2.39. The first-order chi connectivity index (χ1) is 5.70. The minimum atomic E-state index is -1.89. The molecule has 1 aromatic rings. The van der Waals surface area contributed by atoms with Crippen molar-refractivity contribution in [3.05, 3.63) is 28.5 Å². The summed E-state index contributed by atoms with van der Waals surface area (Å²) in [4.78, 5) is 8.47. The van der Waals surface area contributed by atoms with Crippen LogP contribution in [-0.4, -0.2) is 0 Å². The van der Waals surface area contributed by atoms with Crippen molar-refractivity contribution in [3.8, 4) is 5.75 Å². The molecular formula is C7H3ClF2O2. The van der Waals surface area contributed by atoms with Crippen LogP contribution in [0.15, 0.2) is 12.1 Å². The molecule has 0 saturated heterocycles. The van der Waals surface area contributed by atoms with Crippen LogP contribution in [-0.2, 0) is 4.89 Å². The molecule has 0 N–H and O–H groups in total. The maximum atomic E-state index is 13.0. The Morgan fingerprint density at radius 2 is 2.17 bits per heavy atom. The molecule has 0 radical (unpaired) electrons. The molecule has 1 aliphatic heterocycles. The number of halogens is 3. The molecule has 2 nitrogen and oxygen atoms in total. The number of benzene rings is 1. The predicted molar refractivity (Wildman–Crippen MR) is 37.0 cm³/mol. The van der Waals surface area contributed by atoms with E-state index in [1.54, 1.807) is 0 Å². The lowest BCUT2D eigenvalue weighted by atomic mass is 10.2. The van der Waals surface area contributed by atoms with Gasteiger partial charge in [0.25, 0.3) is 6.36 Å². The van der Waals surface area contributed by atoms with Gasteiger partial charge in [0.1, 0.15) is 5.56 Å². The van der Waals surface area contributed by atoms with Crippen LogP contribution >= 0.6 is 11.6 Å². The van der Waals surface area contributed by atoms with Crippen LogP contribution in [0.1, 0.15) is 11.9 Å². The number of rotatable bonds is 0. The maximum absolute atomic E-state index is 13.0. The summed E-state index contributed by atoms with van der Waals surface area (Å²) >= 11 is 5.40. The zero-order valence-electron chi connectivity index (χ0n) is 5.68. The molecule has 1 unspecified atom stereocenters. The lowest BCUT2D eigenvalue weighted by molar-refractivity contribution is -0.261. The molecule has 0 saturated carbocycles. The van der Waals surface area contributed by atoms with E-state index in [9.17, 15) is 8.78 Å². The Labute approximate surface area is 71.6 Å². The fourth-order valence-corrected chi connectivity index (χ4v) is 1.14. The highest BCUT2D eigenvalue weighted by Gasteiger charge is 2.30. The molecule has 0 amide bonds. The molecule has 0 fully saturated rings. The summed E-state index contributed by atoms with van der Waals surface area (Å²) in [6.07, 6.45) is -1.89. The van der Waals surface area contributed by atoms with E-state index in [2.05, 4.69) is 9.78 Å². The van der Waals surface area contributed by atoms with Crippen molar-refractivity contribution in [1.82, 2.24) is 0 Å². The zero-order chi connectivity index (χ0) is 8.72. The molecule has 12 heavy (non-hydrogen) atoms. The smallest absolute Gasteiger partial charge is 0.274 e. The molecule has 1 aliphatic rings. The van der Waals surface area contributed by atoms with Crippen LogP contribution in [0.4, 0.5) is 8.78 Å². The van der Waals surface area contributed by atoms with Crippen molar-refractivity contribution in [2.45, 2.75) is 6.36 Å². The van der Waals surface area contributed by atoms with E-state index in [0.717, 1.165) is 0 Å². The molecular weight excluding hydrogens is 190 g/mol. The van der Waals surface area contributed by atoms with Gasteiger partial charge in [0.15, 0.2) is 11.6 Å². The summed E-state index contributed by atoms with van der Waals surface area (Å²) in [5.74, 6) is -0.802. The van der Waals surface area contributed by atoms with Crippen LogP contribution in [0.3, 0.4) is 0 Å². The summed E-state index contributed by atoms with van der Waals surface area (Å²) in [6, 6.07) is 2.62. The molecule has 0 bridgehead atoms.